The van der Waals surface area contributed by atoms with Crippen molar-refractivity contribution in [1.29, 1.82) is 0 Å². The van der Waals surface area contributed by atoms with Gasteiger partial charge in [-0.3, -0.25) is 4.79 Å². The second-order valence-electron chi connectivity index (χ2n) is 0.683. The third-order valence-electron chi connectivity index (χ3n) is 0.262. The first-order valence-electron chi connectivity index (χ1n) is 1.61. The van der Waals surface area contributed by atoms with Crippen LogP contribution in [-0.2, 0) is 17.4 Å². The number of hydrogen-bond acceptors (Lipinski definition) is 3. The Morgan fingerprint density at radius 2 is 2.50 bits per heavy atom. The number of carbonyl (C=O) groups excluding carboxylic acids is 1. The summed E-state index contributed by atoms with van der Waals surface area (Å²) in [6.45, 7) is 2.09. The molecule has 36 valence electrons. The first-order chi connectivity index (χ1) is 2.77. The zero-order valence-electron chi connectivity index (χ0n) is 3.43. The van der Waals surface area contributed by atoms with Crippen LogP contribution in [0.15, 0.2) is 0 Å². The molecular formula is C3H5O2S-. The summed E-state index contributed by atoms with van der Waals surface area (Å²) in [6, 6.07) is 0. The number of hydrogen-bond donors (Lipinski definition) is 0. The molecule has 0 radical (unpaired) electrons. The molecule has 0 aromatic rings. The van der Waals surface area contributed by atoms with E-state index in [1.165, 1.54) is 0 Å². The predicted octanol–water partition coefficient (Wildman–Crippen LogP) is 0.690. The molecule has 0 aliphatic rings. The maximum atomic E-state index is 9.64. The van der Waals surface area contributed by atoms with Crippen LogP contribution >= 0.6 is 0 Å². The van der Waals surface area contributed by atoms with Gasteiger partial charge in [-0.1, -0.05) is 0 Å². The quantitative estimate of drug-likeness (QED) is 0.362. The molecule has 3 heteroatoms. The minimum Gasteiger partial charge on any atom is -0.698 e. The van der Waals surface area contributed by atoms with Crippen molar-refractivity contribution in [3.63, 3.8) is 0 Å². The molecule has 0 aromatic heterocycles. The van der Waals surface area contributed by atoms with Gasteiger partial charge in [0, 0.05) is 0 Å². The van der Waals surface area contributed by atoms with Crippen LogP contribution in [0.4, 0.5) is 4.79 Å². The summed E-state index contributed by atoms with van der Waals surface area (Å²) in [5.41, 5.74) is 0. The Hall–Kier alpha value is -0.310. The van der Waals surface area contributed by atoms with Gasteiger partial charge in [0.05, 0.1) is 6.61 Å². The fraction of sp³-hybridized carbons (Fsp3) is 0.667. The van der Waals surface area contributed by atoms with E-state index >= 15 is 0 Å². The van der Waals surface area contributed by atoms with Crippen LogP contribution in [0.5, 0.6) is 0 Å². The second kappa shape index (κ2) is 2.90. The fourth-order valence-corrected chi connectivity index (χ4v) is 0.236. The summed E-state index contributed by atoms with van der Waals surface area (Å²) >= 11 is 4.02. The van der Waals surface area contributed by atoms with Crippen LogP contribution in [0.1, 0.15) is 6.92 Å². The van der Waals surface area contributed by atoms with Crippen molar-refractivity contribution >= 4 is 17.9 Å². The van der Waals surface area contributed by atoms with Crippen LogP contribution in [0, 0.1) is 0 Å². The van der Waals surface area contributed by atoms with Crippen molar-refractivity contribution in [3.05, 3.63) is 0 Å². The van der Waals surface area contributed by atoms with E-state index in [0.717, 1.165) is 0 Å². The Balaban J connectivity index is 2.83. The van der Waals surface area contributed by atoms with Crippen molar-refractivity contribution in [1.82, 2.24) is 0 Å². The predicted molar refractivity (Wildman–Crippen MR) is 24.4 cm³/mol. The summed E-state index contributed by atoms with van der Waals surface area (Å²) in [5.74, 6) is 0. The lowest BCUT2D eigenvalue weighted by molar-refractivity contribution is 0.182. The van der Waals surface area contributed by atoms with E-state index in [4.69, 9.17) is 0 Å². The summed E-state index contributed by atoms with van der Waals surface area (Å²) in [4.78, 5) is 9.64. The van der Waals surface area contributed by atoms with Crippen LogP contribution in [-0.4, -0.2) is 11.9 Å². The number of rotatable bonds is 1. The highest BCUT2D eigenvalue weighted by atomic mass is 32.1. The van der Waals surface area contributed by atoms with E-state index in [0.29, 0.717) is 6.61 Å². The minimum atomic E-state index is -0.627. The second-order valence-corrected chi connectivity index (χ2v) is 1.02. The van der Waals surface area contributed by atoms with E-state index in [1.807, 2.05) is 0 Å². The van der Waals surface area contributed by atoms with E-state index in [-0.39, 0.29) is 0 Å². The van der Waals surface area contributed by atoms with Gasteiger partial charge in [-0.25, -0.2) is 0 Å². The zero-order valence-corrected chi connectivity index (χ0v) is 4.25. The van der Waals surface area contributed by atoms with Gasteiger partial charge in [-0.2, -0.15) is 0 Å². The Kier molecular flexibility index (Phi) is 2.75. The molecule has 0 aliphatic heterocycles. The van der Waals surface area contributed by atoms with Crippen molar-refractivity contribution in [2.45, 2.75) is 6.92 Å². The maximum absolute atomic E-state index is 9.64. The normalized spacial score (nSPS) is 7.50. The lowest BCUT2D eigenvalue weighted by Gasteiger charge is -2.00. The third kappa shape index (κ3) is 3.69. The van der Waals surface area contributed by atoms with Crippen LogP contribution in [0.25, 0.3) is 0 Å². The van der Waals surface area contributed by atoms with Crippen molar-refractivity contribution in [2.24, 2.45) is 0 Å². The molecule has 0 saturated heterocycles. The van der Waals surface area contributed by atoms with Crippen LogP contribution in [0.3, 0.4) is 0 Å². The van der Waals surface area contributed by atoms with Gasteiger partial charge in [-0.15, -0.1) is 0 Å². The lowest BCUT2D eigenvalue weighted by atomic mass is 10.9. The summed E-state index contributed by atoms with van der Waals surface area (Å²) < 4.78 is 4.22. The number of ether oxygens (including phenoxy) is 1. The monoisotopic (exact) mass is 105 g/mol. The molecule has 0 saturated carbocycles. The molecule has 0 aromatic carbocycles. The smallest absolute Gasteiger partial charge is 0.184 e. The first-order valence-corrected chi connectivity index (χ1v) is 2.02. The highest BCUT2D eigenvalue weighted by Gasteiger charge is 1.69. The third-order valence-corrected chi connectivity index (χ3v) is 0.380. The van der Waals surface area contributed by atoms with Gasteiger partial charge >= 0.3 is 0 Å². The highest BCUT2D eigenvalue weighted by Crippen LogP contribution is 1.72. The molecule has 2 nitrogen and oxygen atoms in total. The molecule has 0 bridgehead atoms. The van der Waals surface area contributed by atoms with Gasteiger partial charge in [0.2, 0.25) is 0 Å². The van der Waals surface area contributed by atoms with Gasteiger partial charge in [0.25, 0.3) is 0 Å². The standard InChI is InChI=1S/C3H6O2S/c1-2-5-3(4)6/h2H2,1H3,(H,4,6)/p-1. The van der Waals surface area contributed by atoms with Crippen LogP contribution < -0.4 is 0 Å². The maximum Gasteiger partial charge on any atom is 0.184 e. The van der Waals surface area contributed by atoms with Gasteiger partial charge in [0.15, 0.2) is 5.30 Å². The summed E-state index contributed by atoms with van der Waals surface area (Å²) in [7, 11) is 0. The van der Waals surface area contributed by atoms with Crippen molar-refractivity contribution < 1.29 is 9.53 Å². The van der Waals surface area contributed by atoms with Crippen LogP contribution in [0.2, 0.25) is 0 Å². The molecule has 0 fully saturated rings. The number of carbonyl (C=O) groups is 1. The van der Waals surface area contributed by atoms with E-state index in [9.17, 15) is 4.79 Å². The summed E-state index contributed by atoms with van der Waals surface area (Å²) in [6.07, 6.45) is 0. The minimum absolute atomic E-state index is 0.377. The molecule has 0 spiro atoms. The van der Waals surface area contributed by atoms with E-state index in [2.05, 4.69) is 17.4 Å². The van der Waals surface area contributed by atoms with E-state index < -0.39 is 5.30 Å². The largest absolute Gasteiger partial charge is 0.698 e. The Labute approximate surface area is 41.9 Å². The lowest BCUT2D eigenvalue weighted by Crippen LogP contribution is -1.94. The van der Waals surface area contributed by atoms with Gasteiger partial charge < -0.3 is 17.4 Å². The molecule has 0 aliphatic carbocycles. The summed E-state index contributed by atoms with van der Waals surface area (Å²) in [5, 5.41) is -0.627. The average Bonchev–Trinajstić information content (AvgIpc) is 1.35. The average molecular weight is 105 g/mol. The molecule has 0 heterocycles. The van der Waals surface area contributed by atoms with Crippen molar-refractivity contribution in [2.75, 3.05) is 6.61 Å². The Morgan fingerprint density at radius 1 is 2.00 bits per heavy atom. The van der Waals surface area contributed by atoms with Crippen molar-refractivity contribution in [3.8, 4) is 0 Å². The molecule has 0 rings (SSSR count). The molecule has 0 amide bonds. The molecule has 0 unspecified atom stereocenters. The fourth-order valence-electron chi connectivity index (χ4n) is 0.118. The zero-order chi connectivity index (χ0) is 4.99. The molecule has 6 heavy (non-hydrogen) atoms. The molecule has 0 N–H and O–H groups in total. The van der Waals surface area contributed by atoms with E-state index in [1.54, 1.807) is 6.92 Å². The van der Waals surface area contributed by atoms with Gasteiger partial charge in [0.1, 0.15) is 0 Å². The highest BCUT2D eigenvalue weighted by molar-refractivity contribution is 7.76. The SMILES string of the molecule is CCOC(=O)[S-]. The topological polar surface area (TPSA) is 26.3 Å². The Bertz CT molecular complexity index is 52.8. The van der Waals surface area contributed by atoms with Gasteiger partial charge in [-0.05, 0) is 6.92 Å². The molecular weight excluding hydrogens is 100 g/mol. The first kappa shape index (κ1) is 5.69. The molecule has 0 atom stereocenters. The Morgan fingerprint density at radius 3 is 2.50 bits per heavy atom.